The van der Waals surface area contributed by atoms with Crippen molar-refractivity contribution in [1.29, 1.82) is 0 Å². The van der Waals surface area contributed by atoms with E-state index >= 15 is 0 Å². The van der Waals surface area contributed by atoms with Crippen molar-refractivity contribution in [3.63, 3.8) is 0 Å². The molecule has 0 aromatic carbocycles. The van der Waals surface area contributed by atoms with E-state index in [1.165, 1.54) is 0 Å². The summed E-state index contributed by atoms with van der Waals surface area (Å²) in [5.41, 5.74) is 1.94. The Morgan fingerprint density at radius 2 is 1.80 bits per heavy atom. The van der Waals surface area contributed by atoms with Gasteiger partial charge in [0.1, 0.15) is 0 Å². The van der Waals surface area contributed by atoms with Crippen LogP contribution in [-0.4, -0.2) is 5.71 Å². The lowest BCUT2D eigenvalue weighted by molar-refractivity contribution is 1.51. The van der Waals surface area contributed by atoms with Crippen molar-refractivity contribution in [2.75, 3.05) is 0 Å². The summed E-state index contributed by atoms with van der Waals surface area (Å²) in [6.45, 7) is 9.68. The van der Waals surface area contributed by atoms with Crippen LogP contribution < -0.4 is 0 Å². The molecule has 0 aromatic heterocycles. The van der Waals surface area contributed by atoms with Crippen LogP contribution in [0.25, 0.3) is 0 Å². The van der Waals surface area contributed by atoms with Gasteiger partial charge in [-0.2, -0.15) is 0 Å². The SMILES string of the molecule is C=C/C(=C\C=C/C)C(/C=C\C)=N/C=C\C. The molecule has 0 atom stereocenters. The van der Waals surface area contributed by atoms with E-state index in [2.05, 4.69) is 11.6 Å². The molecule has 0 aliphatic rings. The molecule has 0 fully saturated rings. The van der Waals surface area contributed by atoms with Gasteiger partial charge in [-0.25, -0.2) is 0 Å². The highest BCUT2D eigenvalue weighted by Gasteiger charge is 1.96. The van der Waals surface area contributed by atoms with Crippen molar-refractivity contribution in [3.8, 4) is 0 Å². The van der Waals surface area contributed by atoms with Gasteiger partial charge < -0.3 is 0 Å². The van der Waals surface area contributed by atoms with E-state index in [0.717, 1.165) is 11.3 Å². The number of hydrogen-bond donors (Lipinski definition) is 0. The van der Waals surface area contributed by atoms with Gasteiger partial charge in [0.05, 0.1) is 5.71 Å². The average molecular weight is 201 g/mol. The van der Waals surface area contributed by atoms with Gasteiger partial charge in [0, 0.05) is 6.20 Å². The zero-order valence-corrected chi connectivity index (χ0v) is 9.77. The summed E-state index contributed by atoms with van der Waals surface area (Å²) in [6, 6.07) is 0. The van der Waals surface area contributed by atoms with Crippen LogP contribution in [0.2, 0.25) is 0 Å². The van der Waals surface area contributed by atoms with Crippen LogP contribution in [0, 0.1) is 0 Å². The molecule has 0 N–H and O–H groups in total. The Bertz CT molecular complexity index is 325. The second kappa shape index (κ2) is 8.95. The van der Waals surface area contributed by atoms with Gasteiger partial charge in [0.25, 0.3) is 0 Å². The standard InChI is InChI=1S/C14H19N/c1-5-9-11-13(8-4)14(10-6-2)15-12-7-3/h5-12H,4H2,1-3H3/b9-5-,10-6-,12-7-,13-11+,15-14+. The summed E-state index contributed by atoms with van der Waals surface area (Å²) in [5, 5.41) is 0. The lowest BCUT2D eigenvalue weighted by Crippen LogP contribution is -1.95. The Morgan fingerprint density at radius 1 is 1.07 bits per heavy atom. The normalized spacial score (nSPS) is 14.6. The molecule has 0 radical (unpaired) electrons. The van der Waals surface area contributed by atoms with Crippen LogP contribution >= 0.6 is 0 Å². The molecule has 0 aliphatic heterocycles. The van der Waals surface area contributed by atoms with E-state index < -0.39 is 0 Å². The minimum atomic E-state index is 0.920. The molecule has 0 rings (SSSR count). The zero-order chi connectivity index (χ0) is 11.5. The van der Waals surface area contributed by atoms with E-state index in [4.69, 9.17) is 0 Å². The number of hydrogen-bond acceptors (Lipinski definition) is 1. The number of aliphatic imine (C=N–C) groups is 1. The third-order valence-electron chi connectivity index (χ3n) is 1.67. The van der Waals surface area contributed by atoms with Gasteiger partial charge in [-0.15, -0.1) is 0 Å². The quantitative estimate of drug-likeness (QED) is 0.466. The second-order valence-corrected chi connectivity index (χ2v) is 2.85. The Balaban J connectivity index is 5.11. The van der Waals surface area contributed by atoms with E-state index in [9.17, 15) is 0 Å². The van der Waals surface area contributed by atoms with Crippen LogP contribution in [0.5, 0.6) is 0 Å². The van der Waals surface area contributed by atoms with Gasteiger partial charge in [0.2, 0.25) is 0 Å². The first-order chi connectivity index (χ1) is 7.29. The molecule has 1 heteroatoms. The average Bonchev–Trinajstić information content (AvgIpc) is 2.26. The minimum absolute atomic E-state index is 0.920. The van der Waals surface area contributed by atoms with E-state index in [-0.39, 0.29) is 0 Å². The first kappa shape index (κ1) is 13.4. The molecular weight excluding hydrogens is 182 g/mol. The molecule has 0 saturated carbocycles. The summed E-state index contributed by atoms with van der Waals surface area (Å²) >= 11 is 0. The van der Waals surface area contributed by atoms with Crippen molar-refractivity contribution < 1.29 is 0 Å². The van der Waals surface area contributed by atoms with Crippen LogP contribution in [-0.2, 0) is 0 Å². The van der Waals surface area contributed by atoms with Crippen molar-refractivity contribution in [2.45, 2.75) is 20.8 Å². The van der Waals surface area contributed by atoms with E-state index in [0.29, 0.717) is 0 Å². The number of rotatable bonds is 5. The molecular formula is C14H19N. The van der Waals surface area contributed by atoms with Gasteiger partial charge in [-0.3, -0.25) is 4.99 Å². The van der Waals surface area contributed by atoms with Crippen LogP contribution in [0.1, 0.15) is 20.8 Å². The maximum atomic E-state index is 4.33. The van der Waals surface area contributed by atoms with Gasteiger partial charge in [-0.1, -0.05) is 43.0 Å². The van der Waals surface area contributed by atoms with Crippen LogP contribution in [0.4, 0.5) is 0 Å². The summed E-state index contributed by atoms with van der Waals surface area (Å²) in [4.78, 5) is 4.33. The van der Waals surface area contributed by atoms with Crippen molar-refractivity contribution in [2.24, 2.45) is 4.99 Å². The van der Waals surface area contributed by atoms with Crippen LogP contribution in [0.15, 0.2) is 65.9 Å². The third kappa shape index (κ3) is 5.63. The second-order valence-electron chi connectivity index (χ2n) is 2.85. The first-order valence-electron chi connectivity index (χ1n) is 5.07. The molecule has 0 saturated heterocycles. The molecule has 0 aliphatic carbocycles. The first-order valence-corrected chi connectivity index (χ1v) is 5.07. The molecule has 0 unspecified atom stereocenters. The molecule has 15 heavy (non-hydrogen) atoms. The highest BCUT2D eigenvalue weighted by molar-refractivity contribution is 6.10. The Morgan fingerprint density at radius 3 is 2.27 bits per heavy atom. The summed E-state index contributed by atoms with van der Waals surface area (Å²) < 4.78 is 0. The topological polar surface area (TPSA) is 12.4 Å². The van der Waals surface area contributed by atoms with E-state index in [1.807, 2.05) is 63.3 Å². The fraction of sp³-hybridized carbons (Fsp3) is 0.214. The number of allylic oxidation sites excluding steroid dienone is 8. The lowest BCUT2D eigenvalue weighted by atomic mass is 10.1. The fourth-order valence-electron chi connectivity index (χ4n) is 0.984. The maximum absolute atomic E-state index is 4.33. The van der Waals surface area contributed by atoms with Crippen LogP contribution in [0.3, 0.4) is 0 Å². The molecule has 0 bridgehead atoms. The summed E-state index contributed by atoms with van der Waals surface area (Å²) in [6.07, 6.45) is 15.4. The fourth-order valence-corrected chi connectivity index (χ4v) is 0.984. The predicted octanol–water partition coefficient (Wildman–Crippen LogP) is 4.23. The Kier molecular flexibility index (Phi) is 7.97. The molecule has 0 spiro atoms. The summed E-state index contributed by atoms with van der Waals surface area (Å²) in [5.74, 6) is 0. The smallest absolute Gasteiger partial charge is 0.0698 e. The highest BCUT2D eigenvalue weighted by Crippen LogP contribution is 2.03. The molecule has 0 amide bonds. The van der Waals surface area contributed by atoms with Gasteiger partial charge >= 0.3 is 0 Å². The molecule has 0 aromatic rings. The summed E-state index contributed by atoms with van der Waals surface area (Å²) in [7, 11) is 0. The third-order valence-corrected chi connectivity index (χ3v) is 1.67. The lowest BCUT2D eigenvalue weighted by Gasteiger charge is -1.99. The molecule has 80 valence electrons. The van der Waals surface area contributed by atoms with E-state index in [1.54, 1.807) is 6.20 Å². The van der Waals surface area contributed by atoms with Gasteiger partial charge in [0.15, 0.2) is 0 Å². The predicted molar refractivity (Wildman–Crippen MR) is 70.2 cm³/mol. The molecule has 1 nitrogen and oxygen atoms in total. The highest BCUT2D eigenvalue weighted by atomic mass is 14.7. The Hall–Kier alpha value is -1.63. The Labute approximate surface area is 92.9 Å². The number of nitrogens with zero attached hydrogens (tertiary/aromatic N) is 1. The zero-order valence-electron chi connectivity index (χ0n) is 9.77. The van der Waals surface area contributed by atoms with Gasteiger partial charge in [-0.05, 0) is 32.4 Å². The van der Waals surface area contributed by atoms with Crippen molar-refractivity contribution in [1.82, 2.24) is 0 Å². The molecule has 0 heterocycles. The van der Waals surface area contributed by atoms with Crippen molar-refractivity contribution >= 4 is 5.71 Å². The monoisotopic (exact) mass is 201 g/mol. The minimum Gasteiger partial charge on any atom is -0.257 e. The maximum Gasteiger partial charge on any atom is 0.0698 e. The largest absolute Gasteiger partial charge is 0.257 e. The van der Waals surface area contributed by atoms with Crippen molar-refractivity contribution in [3.05, 3.63) is 60.9 Å².